The third-order valence-corrected chi connectivity index (χ3v) is 3.70. The molecule has 26 heavy (non-hydrogen) atoms. The van der Waals surface area contributed by atoms with Crippen LogP contribution in [0.4, 0.5) is 0 Å². The predicted octanol–water partition coefficient (Wildman–Crippen LogP) is 2.81. The Morgan fingerprint density at radius 1 is 1.15 bits per heavy atom. The monoisotopic (exact) mass is 353 g/mol. The number of ether oxygens (including phenoxy) is 3. The van der Waals surface area contributed by atoms with E-state index < -0.39 is 18.2 Å². The Morgan fingerprint density at radius 2 is 1.88 bits per heavy atom. The maximum absolute atomic E-state index is 12.2. The summed E-state index contributed by atoms with van der Waals surface area (Å²) in [6.07, 6.45) is 1.12. The van der Waals surface area contributed by atoms with E-state index in [1.54, 1.807) is 31.2 Å². The zero-order valence-electron chi connectivity index (χ0n) is 14.3. The number of carbonyl (C=O) groups excluding carboxylic acids is 2. The molecule has 6 heteroatoms. The van der Waals surface area contributed by atoms with Crippen molar-refractivity contribution in [3.8, 4) is 5.75 Å². The Balaban J connectivity index is 1.75. The Morgan fingerprint density at radius 3 is 2.65 bits per heavy atom. The average Bonchev–Trinajstić information content (AvgIpc) is 3.03. The Hall–Kier alpha value is -3.28. The van der Waals surface area contributed by atoms with Crippen LogP contribution < -0.4 is 10.1 Å². The fourth-order valence-corrected chi connectivity index (χ4v) is 2.51. The minimum Gasteiger partial charge on any atom is -0.481 e. The van der Waals surface area contributed by atoms with Crippen molar-refractivity contribution in [2.24, 2.45) is 0 Å². The zero-order chi connectivity index (χ0) is 18.4. The molecule has 1 heterocycles. The summed E-state index contributed by atoms with van der Waals surface area (Å²) in [6.45, 7) is 1.83. The van der Waals surface area contributed by atoms with Crippen LogP contribution in [-0.2, 0) is 19.1 Å². The molecule has 1 N–H and O–H groups in total. The first-order valence-corrected chi connectivity index (χ1v) is 8.29. The normalized spacial score (nSPS) is 17.5. The molecule has 0 amide bonds. The van der Waals surface area contributed by atoms with Crippen molar-refractivity contribution in [1.29, 1.82) is 0 Å². The summed E-state index contributed by atoms with van der Waals surface area (Å²) in [5.41, 5.74) is 1.84. The number of para-hydroxylation sites is 1. The van der Waals surface area contributed by atoms with Crippen LogP contribution in [0.3, 0.4) is 0 Å². The molecular formula is C20H19NO5. The van der Waals surface area contributed by atoms with Gasteiger partial charge in [0.2, 0.25) is 0 Å². The van der Waals surface area contributed by atoms with Gasteiger partial charge < -0.3 is 19.5 Å². The molecule has 0 aliphatic carbocycles. The predicted molar refractivity (Wildman–Crippen MR) is 95.0 cm³/mol. The molecule has 1 unspecified atom stereocenters. The second-order valence-electron chi connectivity index (χ2n) is 5.53. The minimum absolute atomic E-state index is 0.196. The van der Waals surface area contributed by atoms with E-state index in [2.05, 4.69) is 5.32 Å². The first kappa shape index (κ1) is 17.5. The maximum atomic E-state index is 12.2. The van der Waals surface area contributed by atoms with Gasteiger partial charge in [0.1, 0.15) is 11.4 Å². The van der Waals surface area contributed by atoms with E-state index in [-0.39, 0.29) is 6.61 Å². The van der Waals surface area contributed by atoms with Crippen LogP contribution in [0.5, 0.6) is 5.75 Å². The Labute approximate surface area is 151 Å². The lowest BCUT2D eigenvalue weighted by Gasteiger charge is -2.10. The summed E-state index contributed by atoms with van der Waals surface area (Å²) in [7, 11) is 0. The van der Waals surface area contributed by atoms with Crippen LogP contribution in [0.15, 0.2) is 60.3 Å². The third kappa shape index (κ3) is 4.22. The highest BCUT2D eigenvalue weighted by molar-refractivity contribution is 5.95. The number of hydrogen-bond donors (Lipinski definition) is 1. The molecule has 134 valence electrons. The molecule has 2 aromatic rings. The van der Waals surface area contributed by atoms with Gasteiger partial charge in [0.05, 0.1) is 6.61 Å². The van der Waals surface area contributed by atoms with Crippen LogP contribution >= 0.6 is 0 Å². The minimum atomic E-state index is -0.525. The smallest absolute Gasteiger partial charge is 0.356 e. The topological polar surface area (TPSA) is 73.9 Å². The van der Waals surface area contributed by atoms with E-state index in [4.69, 9.17) is 14.2 Å². The van der Waals surface area contributed by atoms with Crippen molar-refractivity contribution in [3.05, 3.63) is 71.4 Å². The summed E-state index contributed by atoms with van der Waals surface area (Å²) < 4.78 is 15.7. The molecule has 0 spiro atoms. The number of nitrogens with one attached hydrogen (secondary N) is 1. The van der Waals surface area contributed by atoms with Crippen molar-refractivity contribution in [2.45, 2.75) is 13.2 Å². The van der Waals surface area contributed by atoms with Gasteiger partial charge in [0, 0.05) is 11.1 Å². The van der Waals surface area contributed by atoms with E-state index in [1.807, 2.05) is 36.4 Å². The first-order valence-electron chi connectivity index (χ1n) is 8.29. The van der Waals surface area contributed by atoms with Gasteiger partial charge in [-0.3, -0.25) is 0 Å². The molecule has 0 saturated carbocycles. The summed E-state index contributed by atoms with van der Waals surface area (Å²) >= 11 is 0. The molecular weight excluding hydrogens is 334 g/mol. The van der Waals surface area contributed by atoms with E-state index in [9.17, 15) is 9.59 Å². The maximum Gasteiger partial charge on any atom is 0.356 e. The number of benzene rings is 2. The van der Waals surface area contributed by atoms with Gasteiger partial charge in [0.15, 0.2) is 12.8 Å². The number of cyclic esters (lactones) is 1. The van der Waals surface area contributed by atoms with Gasteiger partial charge >= 0.3 is 11.9 Å². The lowest BCUT2D eigenvalue weighted by atomic mass is 10.1. The zero-order valence-corrected chi connectivity index (χ0v) is 14.3. The van der Waals surface area contributed by atoms with Gasteiger partial charge in [-0.05, 0) is 19.1 Å². The van der Waals surface area contributed by atoms with E-state index in [0.29, 0.717) is 23.6 Å². The van der Waals surface area contributed by atoms with Gasteiger partial charge in [0.25, 0.3) is 0 Å². The fourth-order valence-electron chi connectivity index (χ4n) is 2.51. The van der Waals surface area contributed by atoms with E-state index in [1.165, 1.54) is 0 Å². The Bertz CT molecular complexity index is 816. The van der Waals surface area contributed by atoms with Crippen molar-refractivity contribution in [1.82, 2.24) is 5.32 Å². The van der Waals surface area contributed by atoms with Gasteiger partial charge in [-0.25, -0.2) is 9.59 Å². The molecule has 2 aromatic carbocycles. The van der Waals surface area contributed by atoms with Crippen molar-refractivity contribution in [3.63, 3.8) is 0 Å². The second kappa shape index (κ2) is 8.20. The summed E-state index contributed by atoms with van der Waals surface area (Å²) in [6, 6.07) is 16.5. The summed E-state index contributed by atoms with van der Waals surface area (Å²) in [5.74, 6) is -0.414. The number of esters is 2. The third-order valence-electron chi connectivity index (χ3n) is 3.70. The first-order chi connectivity index (χ1) is 12.7. The van der Waals surface area contributed by atoms with Crippen molar-refractivity contribution >= 4 is 18.0 Å². The van der Waals surface area contributed by atoms with Gasteiger partial charge in [-0.15, -0.1) is 0 Å². The highest BCUT2D eigenvalue weighted by Crippen LogP contribution is 2.27. The van der Waals surface area contributed by atoms with Crippen LogP contribution in [0.2, 0.25) is 0 Å². The molecule has 0 aromatic heterocycles. The quantitative estimate of drug-likeness (QED) is 0.636. The lowest BCUT2D eigenvalue weighted by molar-refractivity contribution is -0.145. The largest absolute Gasteiger partial charge is 0.481 e. The molecule has 0 radical (unpaired) electrons. The molecule has 1 saturated heterocycles. The Kier molecular flexibility index (Phi) is 5.53. The van der Waals surface area contributed by atoms with E-state index in [0.717, 1.165) is 5.56 Å². The van der Waals surface area contributed by atoms with Gasteiger partial charge in [-0.1, -0.05) is 48.5 Å². The molecule has 1 aliphatic heterocycles. The molecule has 1 aliphatic rings. The molecule has 3 rings (SSSR count). The SMILES string of the molecule is CCOC(=O)COc1ccccc1C=C1NC(c2ccccc2)OC1=O. The van der Waals surface area contributed by atoms with Crippen molar-refractivity contribution < 1.29 is 23.8 Å². The van der Waals surface area contributed by atoms with E-state index >= 15 is 0 Å². The number of rotatable bonds is 6. The fraction of sp³-hybridized carbons (Fsp3) is 0.200. The summed E-state index contributed by atoms with van der Waals surface area (Å²) in [5, 5.41) is 3.06. The lowest BCUT2D eigenvalue weighted by Crippen LogP contribution is -2.15. The summed E-state index contributed by atoms with van der Waals surface area (Å²) in [4.78, 5) is 23.6. The molecule has 1 fully saturated rings. The van der Waals surface area contributed by atoms with Crippen molar-refractivity contribution in [2.75, 3.05) is 13.2 Å². The van der Waals surface area contributed by atoms with Gasteiger partial charge in [-0.2, -0.15) is 0 Å². The molecule has 0 bridgehead atoms. The average molecular weight is 353 g/mol. The van der Waals surface area contributed by atoms with Crippen LogP contribution in [0.25, 0.3) is 6.08 Å². The highest BCUT2D eigenvalue weighted by atomic mass is 16.6. The van der Waals surface area contributed by atoms with Crippen LogP contribution in [0, 0.1) is 0 Å². The van der Waals surface area contributed by atoms with Crippen LogP contribution in [0.1, 0.15) is 24.3 Å². The second-order valence-corrected chi connectivity index (χ2v) is 5.53. The number of hydrogen-bond acceptors (Lipinski definition) is 6. The standard InChI is InChI=1S/C20H19NO5/c1-2-24-18(22)13-25-17-11-7-6-10-15(17)12-16-20(23)26-19(21-16)14-8-4-3-5-9-14/h3-12,19,21H,2,13H2,1H3. The number of carbonyl (C=O) groups is 2. The van der Waals surface area contributed by atoms with Crippen LogP contribution in [-0.4, -0.2) is 25.2 Å². The highest BCUT2D eigenvalue weighted by Gasteiger charge is 2.29. The molecule has 1 atom stereocenters. The molecule has 6 nitrogen and oxygen atoms in total.